The fourth-order valence-electron chi connectivity index (χ4n) is 2.88. The summed E-state index contributed by atoms with van der Waals surface area (Å²) in [5.41, 5.74) is 2.39. The summed E-state index contributed by atoms with van der Waals surface area (Å²) in [5, 5.41) is 18.1. The quantitative estimate of drug-likeness (QED) is 0.649. The van der Waals surface area contributed by atoms with Gasteiger partial charge in [-0.3, -0.25) is 4.68 Å². The molecule has 8 heteroatoms. The average molecular weight is 380 g/mol. The molecule has 1 aliphatic rings. The van der Waals surface area contributed by atoms with Crippen LogP contribution in [-0.2, 0) is 11.3 Å². The Hall–Kier alpha value is -1.67. The zero-order valence-corrected chi connectivity index (χ0v) is 16.0. The predicted octanol–water partition coefficient (Wildman–Crippen LogP) is 1.97. The molecule has 1 fully saturated rings. The van der Waals surface area contributed by atoms with Gasteiger partial charge in [-0.2, -0.15) is 5.10 Å². The second-order valence-corrected chi connectivity index (χ2v) is 7.57. The Kier molecular flexibility index (Phi) is 6.13. The third kappa shape index (κ3) is 4.54. The van der Waals surface area contributed by atoms with Crippen LogP contribution in [0.4, 0.5) is 5.69 Å². The zero-order chi connectivity index (χ0) is 18.6. The number of anilines is 1. The molecule has 0 atom stereocenters. The first kappa shape index (κ1) is 19.1. The summed E-state index contributed by atoms with van der Waals surface area (Å²) in [6.45, 7) is 3.72. The Morgan fingerprint density at radius 3 is 2.88 bits per heavy atom. The largest absolute Gasteiger partial charge is 0.396 e. The molecule has 1 saturated heterocycles. The van der Waals surface area contributed by atoms with E-state index in [0.717, 1.165) is 36.5 Å². The van der Waals surface area contributed by atoms with Crippen LogP contribution in [0, 0.1) is 5.41 Å². The van der Waals surface area contributed by atoms with Gasteiger partial charge in [-0.1, -0.05) is 11.6 Å². The van der Waals surface area contributed by atoms with Crippen LogP contribution >= 0.6 is 11.6 Å². The van der Waals surface area contributed by atoms with E-state index in [1.54, 1.807) is 12.3 Å². The molecule has 0 aliphatic carbocycles. The molecular weight excluding hydrogens is 354 g/mol. The lowest BCUT2D eigenvalue weighted by Crippen LogP contribution is -2.50. The number of nitrogens with one attached hydrogen (secondary N) is 1. The van der Waals surface area contributed by atoms with Crippen molar-refractivity contribution < 1.29 is 9.84 Å². The van der Waals surface area contributed by atoms with E-state index < -0.39 is 0 Å². The van der Waals surface area contributed by atoms with Gasteiger partial charge in [0.25, 0.3) is 0 Å². The van der Waals surface area contributed by atoms with E-state index in [1.165, 1.54) is 0 Å². The molecule has 1 aliphatic heterocycles. The first-order valence-electron chi connectivity index (χ1n) is 8.78. The van der Waals surface area contributed by atoms with E-state index >= 15 is 0 Å². The Morgan fingerprint density at radius 1 is 1.42 bits per heavy atom. The summed E-state index contributed by atoms with van der Waals surface area (Å²) < 4.78 is 7.21. The smallest absolute Gasteiger partial charge is 0.131 e. The number of ether oxygens (including phenoxy) is 1. The number of aliphatic hydroxyl groups excluding tert-OH is 1. The van der Waals surface area contributed by atoms with Crippen molar-refractivity contribution >= 4 is 17.3 Å². The van der Waals surface area contributed by atoms with Crippen LogP contribution in [0.2, 0.25) is 5.15 Å². The first-order valence-corrected chi connectivity index (χ1v) is 9.16. The predicted molar refractivity (Wildman–Crippen MR) is 102 cm³/mol. The highest BCUT2D eigenvalue weighted by molar-refractivity contribution is 6.29. The number of hydrogen-bond acceptors (Lipinski definition) is 6. The van der Waals surface area contributed by atoms with Crippen LogP contribution < -0.4 is 5.32 Å². The molecule has 26 heavy (non-hydrogen) atoms. The second-order valence-electron chi connectivity index (χ2n) is 7.18. The van der Waals surface area contributed by atoms with Crippen LogP contribution in [0.1, 0.15) is 6.42 Å². The molecule has 2 aromatic rings. The summed E-state index contributed by atoms with van der Waals surface area (Å²) in [4.78, 5) is 6.37. The fourth-order valence-corrected chi connectivity index (χ4v) is 3.04. The summed E-state index contributed by atoms with van der Waals surface area (Å²) >= 11 is 6.08. The Bertz CT molecular complexity index is 725. The number of pyridine rings is 1. The Labute approximate surface area is 158 Å². The Balaban J connectivity index is 1.72. The molecule has 3 heterocycles. The zero-order valence-electron chi connectivity index (χ0n) is 15.3. The first-order chi connectivity index (χ1) is 12.5. The molecule has 0 bridgehead atoms. The lowest BCUT2D eigenvalue weighted by Gasteiger charge is -2.40. The van der Waals surface area contributed by atoms with E-state index in [2.05, 4.69) is 34.4 Å². The minimum absolute atomic E-state index is 0.0919. The maximum Gasteiger partial charge on any atom is 0.131 e. The minimum Gasteiger partial charge on any atom is -0.396 e. The van der Waals surface area contributed by atoms with Gasteiger partial charge in [0.2, 0.25) is 0 Å². The number of aliphatic hydroxyl groups is 1. The normalized spacial score (nSPS) is 15.9. The van der Waals surface area contributed by atoms with Crippen molar-refractivity contribution in [2.24, 2.45) is 5.41 Å². The number of nitrogens with zero attached hydrogens (tertiary/aromatic N) is 4. The minimum atomic E-state index is -0.224. The highest BCUT2D eigenvalue weighted by Gasteiger charge is 2.38. The molecule has 2 N–H and O–H groups in total. The van der Waals surface area contributed by atoms with E-state index in [9.17, 15) is 5.11 Å². The molecule has 0 unspecified atom stereocenters. The van der Waals surface area contributed by atoms with Crippen LogP contribution in [0.25, 0.3) is 11.3 Å². The number of rotatable bonds is 9. The monoisotopic (exact) mass is 379 g/mol. The van der Waals surface area contributed by atoms with Gasteiger partial charge < -0.3 is 20.1 Å². The van der Waals surface area contributed by atoms with Crippen LogP contribution in [-0.4, -0.2) is 71.8 Å². The number of halogens is 1. The van der Waals surface area contributed by atoms with E-state index in [1.807, 2.05) is 16.9 Å². The van der Waals surface area contributed by atoms with Crippen LogP contribution in [0.5, 0.6) is 0 Å². The van der Waals surface area contributed by atoms with Gasteiger partial charge in [-0.05, 0) is 39.2 Å². The van der Waals surface area contributed by atoms with Crippen molar-refractivity contribution in [3.63, 3.8) is 0 Å². The molecule has 2 aromatic heterocycles. The maximum atomic E-state index is 9.60. The molecule has 142 valence electrons. The molecule has 0 spiro atoms. The molecule has 0 aromatic carbocycles. The van der Waals surface area contributed by atoms with Crippen molar-refractivity contribution in [3.05, 3.63) is 29.7 Å². The number of aryl methyl sites for hydroxylation is 1. The molecular formula is C18H26ClN5O2. The fraction of sp³-hybridized carbons (Fsp3) is 0.556. The van der Waals surface area contributed by atoms with Crippen molar-refractivity contribution in [2.75, 3.05) is 52.3 Å². The molecule has 0 saturated carbocycles. The van der Waals surface area contributed by atoms with Gasteiger partial charge in [0, 0.05) is 36.7 Å². The lowest BCUT2D eigenvalue weighted by molar-refractivity contribution is -0.128. The van der Waals surface area contributed by atoms with E-state index in [0.29, 0.717) is 24.9 Å². The molecule has 0 amide bonds. The standard InChI is InChI=1S/C18H26ClN5O2/c1-23(2)5-3-6-24-7-4-15(22-24)14-9-20-17(19)8-16(14)21-10-18(11-25)12-26-13-18/h4,7-9,25H,3,5-6,10-13H2,1-2H3,(H,20,21). The van der Waals surface area contributed by atoms with Crippen molar-refractivity contribution in [2.45, 2.75) is 13.0 Å². The van der Waals surface area contributed by atoms with Crippen molar-refractivity contribution in [3.8, 4) is 11.3 Å². The van der Waals surface area contributed by atoms with Gasteiger partial charge in [-0.25, -0.2) is 4.98 Å². The van der Waals surface area contributed by atoms with Gasteiger partial charge in [0.15, 0.2) is 0 Å². The second kappa shape index (κ2) is 8.35. The lowest BCUT2D eigenvalue weighted by atomic mass is 9.87. The molecule has 0 radical (unpaired) electrons. The van der Waals surface area contributed by atoms with E-state index in [-0.39, 0.29) is 12.0 Å². The van der Waals surface area contributed by atoms with Crippen LogP contribution in [0.3, 0.4) is 0 Å². The summed E-state index contributed by atoms with van der Waals surface area (Å²) in [6, 6.07) is 3.78. The summed E-state index contributed by atoms with van der Waals surface area (Å²) in [6.07, 6.45) is 4.76. The summed E-state index contributed by atoms with van der Waals surface area (Å²) in [5.74, 6) is 0. The SMILES string of the molecule is CN(C)CCCn1ccc(-c2cnc(Cl)cc2NCC2(CO)COC2)n1. The van der Waals surface area contributed by atoms with Gasteiger partial charge in [0.05, 0.1) is 30.9 Å². The maximum absolute atomic E-state index is 9.60. The Morgan fingerprint density at radius 2 is 2.23 bits per heavy atom. The van der Waals surface area contributed by atoms with Gasteiger partial charge in [0.1, 0.15) is 5.15 Å². The molecule has 7 nitrogen and oxygen atoms in total. The number of hydrogen-bond donors (Lipinski definition) is 2. The number of aromatic nitrogens is 3. The average Bonchev–Trinajstić information content (AvgIpc) is 3.03. The third-order valence-corrected chi connectivity index (χ3v) is 4.79. The van der Waals surface area contributed by atoms with Crippen molar-refractivity contribution in [1.29, 1.82) is 0 Å². The molecule has 3 rings (SSSR count). The highest BCUT2D eigenvalue weighted by Crippen LogP contribution is 2.31. The summed E-state index contributed by atoms with van der Waals surface area (Å²) in [7, 11) is 4.14. The van der Waals surface area contributed by atoms with Crippen LogP contribution in [0.15, 0.2) is 24.5 Å². The highest BCUT2D eigenvalue weighted by atomic mass is 35.5. The topological polar surface area (TPSA) is 75.4 Å². The third-order valence-electron chi connectivity index (χ3n) is 4.59. The van der Waals surface area contributed by atoms with Crippen molar-refractivity contribution in [1.82, 2.24) is 19.7 Å². The van der Waals surface area contributed by atoms with E-state index in [4.69, 9.17) is 16.3 Å². The van der Waals surface area contributed by atoms with Gasteiger partial charge >= 0.3 is 0 Å². The van der Waals surface area contributed by atoms with Gasteiger partial charge in [-0.15, -0.1) is 0 Å².